The summed E-state index contributed by atoms with van der Waals surface area (Å²) in [6.07, 6.45) is 0. The van der Waals surface area contributed by atoms with Gasteiger partial charge in [-0.15, -0.1) is 0 Å². The Morgan fingerprint density at radius 3 is 2.66 bits per heavy atom. The minimum Gasteiger partial charge on any atom is -0.451 e. The highest BCUT2D eigenvalue weighted by Crippen LogP contribution is 2.30. The number of hydrogen-bond acceptors (Lipinski definition) is 5. The van der Waals surface area contributed by atoms with Gasteiger partial charge in [-0.1, -0.05) is 35.9 Å². The molecule has 1 amide bonds. The van der Waals surface area contributed by atoms with Crippen LogP contribution in [0.1, 0.15) is 10.6 Å². The smallest absolute Gasteiger partial charge is 0.289 e. The summed E-state index contributed by atoms with van der Waals surface area (Å²) in [6, 6.07) is 19.2. The molecule has 1 aliphatic rings. The SMILES string of the molecule is O=C(c1ccc(-c2cccc(Cl)c2)o1)N1CCN(c2nsc3ccccc23)CC1. The first-order chi connectivity index (χ1) is 14.2. The first kappa shape index (κ1) is 18.2. The first-order valence-electron chi connectivity index (χ1n) is 9.43. The predicted octanol–water partition coefficient (Wildman–Crippen LogP) is 5.17. The minimum absolute atomic E-state index is 0.0823. The van der Waals surface area contributed by atoms with E-state index in [1.54, 1.807) is 6.07 Å². The molecule has 1 aliphatic heterocycles. The van der Waals surface area contributed by atoms with Crippen LogP contribution in [-0.2, 0) is 0 Å². The second-order valence-electron chi connectivity index (χ2n) is 6.96. The van der Waals surface area contributed by atoms with E-state index >= 15 is 0 Å². The average Bonchev–Trinajstić information content (AvgIpc) is 3.41. The molecule has 7 heteroatoms. The molecule has 0 aliphatic carbocycles. The van der Waals surface area contributed by atoms with Gasteiger partial charge >= 0.3 is 0 Å². The van der Waals surface area contributed by atoms with Crippen molar-refractivity contribution in [1.82, 2.24) is 9.27 Å². The highest BCUT2D eigenvalue weighted by Gasteiger charge is 2.26. The van der Waals surface area contributed by atoms with Crippen LogP contribution in [0.2, 0.25) is 5.02 Å². The molecule has 3 heterocycles. The maximum absolute atomic E-state index is 12.9. The van der Waals surface area contributed by atoms with Crippen molar-refractivity contribution in [2.75, 3.05) is 31.1 Å². The number of amides is 1. The van der Waals surface area contributed by atoms with Crippen LogP contribution in [-0.4, -0.2) is 41.4 Å². The summed E-state index contributed by atoms with van der Waals surface area (Å²) in [4.78, 5) is 17.0. The monoisotopic (exact) mass is 423 g/mol. The quantitative estimate of drug-likeness (QED) is 0.456. The van der Waals surface area contributed by atoms with Crippen molar-refractivity contribution in [2.45, 2.75) is 0 Å². The zero-order chi connectivity index (χ0) is 19.8. The molecule has 1 saturated heterocycles. The number of fused-ring (bicyclic) bond motifs is 1. The highest BCUT2D eigenvalue weighted by molar-refractivity contribution is 7.13. The summed E-state index contributed by atoms with van der Waals surface area (Å²) < 4.78 is 11.6. The molecular weight excluding hydrogens is 406 g/mol. The number of aromatic nitrogens is 1. The zero-order valence-electron chi connectivity index (χ0n) is 15.5. The molecule has 0 N–H and O–H groups in total. The third kappa shape index (κ3) is 3.50. The summed E-state index contributed by atoms with van der Waals surface area (Å²) in [7, 11) is 0. The molecular formula is C22H18ClN3O2S. The number of carbonyl (C=O) groups is 1. The highest BCUT2D eigenvalue weighted by atomic mass is 35.5. The Balaban J connectivity index is 1.28. The number of anilines is 1. The van der Waals surface area contributed by atoms with Crippen LogP contribution in [0.5, 0.6) is 0 Å². The molecule has 5 rings (SSSR count). The normalized spacial score (nSPS) is 14.5. The number of hydrogen-bond donors (Lipinski definition) is 0. The van der Waals surface area contributed by atoms with Crippen LogP contribution in [0.3, 0.4) is 0 Å². The molecule has 2 aromatic heterocycles. The number of benzene rings is 2. The van der Waals surface area contributed by atoms with Gasteiger partial charge in [0.25, 0.3) is 5.91 Å². The predicted molar refractivity (Wildman–Crippen MR) is 117 cm³/mol. The van der Waals surface area contributed by atoms with Crippen LogP contribution < -0.4 is 4.90 Å². The largest absolute Gasteiger partial charge is 0.451 e. The third-order valence-corrected chi connectivity index (χ3v) is 6.20. The van der Waals surface area contributed by atoms with Crippen molar-refractivity contribution in [3.8, 4) is 11.3 Å². The molecule has 5 nitrogen and oxygen atoms in total. The lowest BCUT2D eigenvalue weighted by Crippen LogP contribution is -2.48. The maximum atomic E-state index is 12.9. The van der Waals surface area contributed by atoms with Crippen molar-refractivity contribution in [3.63, 3.8) is 0 Å². The number of furan rings is 1. The van der Waals surface area contributed by atoms with E-state index in [1.165, 1.54) is 21.6 Å². The Morgan fingerprint density at radius 2 is 1.83 bits per heavy atom. The summed E-state index contributed by atoms with van der Waals surface area (Å²) in [5.41, 5.74) is 0.858. The Hall–Kier alpha value is -2.83. The van der Waals surface area contributed by atoms with E-state index in [2.05, 4.69) is 21.4 Å². The van der Waals surface area contributed by atoms with Crippen molar-refractivity contribution in [1.29, 1.82) is 0 Å². The lowest BCUT2D eigenvalue weighted by Gasteiger charge is -2.34. The Labute approximate surface area is 177 Å². The van der Waals surface area contributed by atoms with Crippen LogP contribution in [0.25, 0.3) is 21.4 Å². The second kappa shape index (κ2) is 7.54. The first-order valence-corrected chi connectivity index (χ1v) is 10.6. The molecule has 4 aromatic rings. The summed E-state index contributed by atoms with van der Waals surface area (Å²) >= 11 is 7.57. The van der Waals surface area contributed by atoms with Crippen LogP contribution in [0, 0.1) is 0 Å². The number of nitrogens with zero attached hydrogens (tertiary/aromatic N) is 3. The van der Waals surface area contributed by atoms with Crippen molar-refractivity contribution >= 4 is 44.9 Å². The fourth-order valence-electron chi connectivity index (χ4n) is 3.63. The van der Waals surface area contributed by atoms with E-state index in [4.69, 9.17) is 16.0 Å². The molecule has 0 spiro atoms. The average molecular weight is 424 g/mol. The number of rotatable bonds is 3. The Kier molecular flexibility index (Phi) is 4.73. The summed E-state index contributed by atoms with van der Waals surface area (Å²) in [6.45, 7) is 2.78. The lowest BCUT2D eigenvalue weighted by atomic mass is 10.2. The van der Waals surface area contributed by atoms with Gasteiger partial charge in [-0.3, -0.25) is 4.79 Å². The van der Waals surface area contributed by atoms with Gasteiger partial charge in [-0.25, -0.2) is 0 Å². The van der Waals surface area contributed by atoms with Gasteiger partial charge in [-0.05, 0) is 47.9 Å². The third-order valence-electron chi connectivity index (χ3n) is 5.15. The van der Waals surface area contributed by atoms with Gasteiger partial charge in [0.1, 0.15) is 11.6 Å². The number of halogens is 1. The van der Waals surface area contributed by atoms with Gasteiger partial charge in [0, 0.05) is 42.2 Å². The maximum Gasteiger partial charge on any atom is 0.289 e. The fourth-order valence-corrected chi connectivity index (χ4v) is 4.61. The van der Waals surface area contributed by atoms with Crippen molar-refractivity contribution in [3.05, 3.63) is 71.4 Å². The second-order valence-corrected chi connectivity index (χ2v) is 8.20. The van der Waals surface area contributed by atoms with E-state index in [0.29, 0.717) is 29.6 Å². The molecule has 0 bridgehead atoms. The summed E-state index contributed by atoms with van der Waals surface area (Å²) in [5.74, 6) is 1.93. The topological polar surface area (TPSA) is 49.6 Å². The fraction of sp³-hybridized carbons (Fsp3) is 0.182. The lowest BCUT2D eigenvalue weighted by molar-refractivity contribution is 0.0715. The molecule has 0 radical (unpaired) electrons. The standard InChI is InChI=1S/C22H18ClN3O2S/c23-16-5-3-4-15(14-16)18-8-9-19(28-18)22(27)26-12-10-25(11-13-26)21-17-6-1-2-7-20(17)29-24-21/h1-9,14H,10-13H2. The summed E-state index contributed by atoms with van der Waals surface area (Å²) in [5, 5.41) is 1.81. The molecule has 2 aromatic carbocycles. The molecule has 0 saturated carbocycles. The van der Waals surface area contributed by atoms with Gasteiger partial charge in [-0.2, -0.15) is 4.37 Å². The molecule has 146 valence electrons. The molecule has 29 heavy (non-hydrogen) atoms. The Morgan fingerprint density at radius 1 is 1.00 bits per heavy atom. The zero-order valence-corrected chi connectivity index (χ0v) is 17.1. The van der Waals surface area contributed by atoms with Crippen molar-refractivity contribution < 1.29 is 9.21 Å². The minimum atomic E-state index is -0.0823. The van der Waals surface area contributed by atoms with E-state index in [0.717, 1.165) is 24.5 Å². The van der Waals surface area contributed by atoms with Gasteiger partial charge in [0.05, 0.1) is 4.70 Å². The van der Waals surface area contributed by atoms with Crippen LogP contribution in [0.15, 0.2) is 65.1 Å². The molecule has 1 fully saturated rings. The number of piperazine rings is 1. The molecule has 0 atom stereocenters. The van der Waals surface area contributed by atoms with E-state index in [1.807, 2.05) is 47.4 Å². The van der Waals surface area contributed by atoms with Gasteiger partial charge < -0.3 is 14.2 Å². The van der Waals surface area contributed by atoms with Crippen LogP contribution >= 0.6 is 23.1 Å². The Bertz CT molecular complexity index is 1180. The van der Waals surface area contributed by atoms with Gasteiger partial charge in [0.15, 0.2) is 5.76 Å². The number of carbonyl (C=O) groups excluding carboxylic acids is 1. The van der Waals surface area contributed by atoms with E-state index in [9.17, 15) is 4.79 Å². The van der Waals surface area contributed by atoms with Crippen molar-refractivity contribution in [2.24, 2.45) is 0 Å². The van der Waals surface area contributed by atoms with Crippen LogP contribution in [0.4, 0.5) is 5.82 Å². The van der Waals surface area contributed by atoms with Gasteiger partial charge in [0.2, 0.25) is 0 Å². The molecule has 0 unspecified atom stereocenters. The van der Waals surface area contributed by atoms with E-state index in [-0.39, 0.29) is 5.91 Å². The van der Waals surface area contributed by atoms with E-state index < -0.39 is 0 Å².